The predicted octanol–water partition coefficient (Wildman–Crippen LogP) is 4.15. The lowest BCUT2D eigenvalue weighted by molar-refractivity contribution is 0.648. The number of aliphatic imine (C=N–C) groups is 1. The lowest BCUT2D eigenvalue weighted by atomic mass is 10.3. The van der Waals surface area contributed by atoms with Gasteiger partial charge >= 0.3 is 0 Å². The number of nitrogens with zero attached hydrogens (tertiary/aromatic N) is 1. The quantitative estimate of drug-likeness (QED) is 0.179. The molecule has 1 atom stereocenters. The van der Waals surface area contributed by atoms with Gasteiger partial charge in [0, 0.05) is 50.1 Å². The van der Waals surface area contributed by atoms with Crippen LogP contribution in [0.25, 0.3) is 0 Å². The van der Waals surface area contributed by atoms with Gasteiger partial charge < -0.3 is 10.6 Å². The molecule has 0 saturated carbocycles. The van der Waals surface area contributed by atoms with Crippen LogP contribution >= 0.6 is 47.3 Å². The summed E-state index contributed by atoms with van der Waals surface area (Å²) in [6, 6.07) is 7.85. The third kappa shape index (κ3) is 11.4. The maximum atomic E-state index is 12.0. The molecule has 1 aromatic carbocycles. The van der Waals surface area contributed by atoms with E-state index in [2.05, 4.69) is 15.6 Å². The minimum absolute atomic E-state index is 0. The van der Waals surface area contributed by atoms with Gasteiger partial charge in [-0.2, -0.15) is 0 Å². The Balaban J connectivity index is 0.00000576. The van der Waals surface area contributed by atoms with E-state index in [1.54, 1.807) is 11.8 Å². The van der Waals surface area contributed by atoms with Crippen molar-refractivity contribution in [3.05, 3.63) is 29.3 Å². The van der Waals surface area contributed by atoms with E-state index < -0.39 is 10.8 Å². The van der Waals surface area contributed by atoms with Gasteiger partial charge in [0.05, 0.1) is 6.54 Å². The first-order chi connectivity index (χ1) is 11.3. The number of thioether (sulfide) groups is 1. The highest BCUT2D eigenvalue weighted by molar-refractivity contribution is 14.0. The molecule has 0 amide bonds. The SMILES string of the molecule is CCNC(=NCCS(=O)C(C)(C)C)NCCSc1ccc(Cl)cc1.I. The van der Waals surface area contributed by atoms with Gasteiger partial charge in [-0.25, -0.2) is 0 Å². The van der Waals surface area contributed by atoms with E-state index in [1.165, 1.54) is 4.90 Å². The fourth-order valence-electron chi connectivity index (χ4n) is 1.76. The normalized spacial score (nSPS) is 13.1. The molecule has 1 aromatic rings. The lowest BCUT2D eigenvalue weighted by Crippen LogP contribution is -2.38. The van der Waals surface area contributed by atoms with Crippen LogP contribution in [0.5, 0.6) is 0 Å². The van der Waals surface area contributed by atoms with Crippen molar-refractivity contribution in [3.8, 4) is 0 Å². The van der Waals surface area contributed by atoms with E-state index in [4.69, 9.17) is 11.6 Å². The van der Waals surface area contributed by atoms with Crippen LogP contribution in [0.15, 0.2) is 34.2 Å². The summed E-state index contributed by atoms with van der Waals surface area (Å²) in [6.07, 6.45) is 0. The molecule has 1 rings (SSSR count). The van der Waals surface area contributed by atoms with Crippen molar-refractivity contribution in [2.45, 2.75) is 37.3 Å². The molecule has 0 aliphatic heterocycles. The van der Waals surface area contributed by atoms with Crippen molar-refractivity contribution < 1.29 is 4.21 Å². The van der Waals surface area contributed by atoms with Crippen LogP contribution < -0.4 is 10.6 Å². The summed E-state index contributed by atoms with van der Waals surface area (Å²) >= 11 is 7.65. The average molecular weight is 518 g/mol. The molecule has 4 nitrogen and oxygen atoms in total. The van der Waals surface area contributed by atoms with Gasteiger partial charge in [0.1, 0.15) is 0 Å². The molecule has 0 radical (unpaired) electrons. The third-order valence-corrected chi connectivity index (χ3v) is 6.24. The van der Waals surface area contributed by atoms with Gasteiger partial charge in [0.15, 0.2) is 5.96 Å². The molecule has 0 spiro atoms. The predicted molar refractivity (Wildman–Crippen MR) is 124 cm³/mol. The Labute approximate surface area is 180 Å². The van der Waals surface area contributed by atoms with Crippen LogP contribution in [0.4, 0.5) is 0 Å². The third-order valence-electron chi connectivity index (χ3n) is 3.05. The summed E-state index contributed by atoms with van der Waals surface area (Å²) in [4.78, 5) is 5.70. The van der Waals surface area contributed by atoms with Gasteiger partial charge in [-0.05, 0) is 52.0 Å². The highest BCUT2D eigenvalue weighted by atomic mass is 127. The van der Waals surface area contributed by atoms with E-state index in [1.807, 2.05) is 52.0 Å². The number of hydrogen-bond acceptors (Lipinski definition) is 3. The zero-order chi connectivity index (χ0) is 18.0. The van der Waals surface area contributed by atoms with Gasteiger partial charge in [-0.15, -0.1) is 35.7 Å². The first-order valence-corrected chi connectivity index (χ1v) is 10.8. The van der Waals surface area contributed by atoms with Crippen LogP contribution in [0.1, 0.15) is 27.7 Å². The molecule has 25 heavy (non-hydrogen) atoms. The van der Waals surface area contributed by atoms with E-state index in [-0.39, 0.29) is 28.7 Å². The number of rotatable bonds is 8. The Kier molecular flexibility index (Phi) is 13.2. The maximum absolute atomic E-state index is 12.0. The molecule has 144 valence electrons. The Bertz CT molecular complexity index is 548. The Morgan fingerprint density at radius 2 is 1.88 bits per heavy atom. The minimum atomic E-state index is -0.869. The highest BCUT2D eigenvalue weighted by Crippen LogP contribution is 2.19. The Hall–Kier alpha value is 0.01000. The van der Waals surface area contributed by atoms with E-state index in [0.29, 0.717) is 12.3 Å². The summed E-state index contributed by atoms with van der Waals surface area (Å²) in [7, 11) is -0.869. The fraction of sp³-hybridized carbons (Fsp3) is 0.588. The van der Waals surface area contributed by atoms with Crippen molar-refractivity contribution in [3.63, 3.8) is 0 Å². The summed E-state index contributed by atoms with van der Waals surface area (Å²) < 4.78 is 11.8. The molecule has 0 saturated heterocycles. The summed E-state index contributed by atoms with van der Waals surface area (Å²) in [5.41, 5.74) is 0. The largest absolute Gasteiger partial charge is 0.357 e. The van der Waals surface area contributed by atoms with Crippen molar-refractivity contribution in [1.29, 1.82) is 0 Å². The van der Waals surface area contributed by atoms with Gasteiger partial charge in [-0.3, -0.25) is 9.20 Å². The molecule has 0 aliphatic carbocycles. The molecule has 0 heterocycles. The van der Waals surface area contributed by atoms with E-state index >= 15 is 0 Å². The fourth-order valence-corrected chi connectivity index (χ4v) is 3.52. The van der Waals surface area contributed by atoms with Crippen molar-refractivity contribution in [2.75, 3.05) is 31.1 Å². The molecule has 1 unspecified atom stereocenters. The molecular formula is C17H29ClIN3OS2. The number of benzene rings is 1. The Morgan fingerprint density at radius 3 is 2.44 bits per heavy atom. The number of nitrogens with one attached hydrogen (secondary N) is 2. The monoisotopic (exact) mass is 517 g/mol. The molecule has 2 N–H and O–H groups in total. The average Bonchev–Trinajstić information content (AvgIpc) is 2.52. The van der Waals surface area contributed by atoms with Crippen LogP contribution in [0.2, 0.25) is 5.02 Å². The topological polar surface area (TPSA) is 53.5 Å². The second kappa shape index (κ2) is 13.2. The smallest absolute Gasteiger partial charge is 0.191 e. The molecular weight excluding hydrogens is 489 g/mol. The first kappa shape index (κ1) is 25.0. The first-order valence-electron chi connectivity index (χ1n) is 8.12. The maximum Gasteiger partial charge on any atom is 0.191 e. The molecule has 0 fully saturated rings. The molecule has 0 aliphatic rings. The number of halogens is 2. The minimum Gasteiger partial charge on any atom is -0.357 e. The zero-order valence-electron chi connectivity index (χ0n) is 15.3. The van der Waals surface area contributed by atoms with Gasteiger partial charge in [0.2, 0.25) is 0 Å². The molecule has 0 bridgehead atoms. The second-order valence-corrected chi connectivity index (χ2v) is 10.1. The van der Waals surface area contributed by atoms with Crippen LogP contribution in [0.3, 0.4) is 0 Å². The zero-order valence-corrected chi connectivity index (χ0v) is 20.0. The van der Waals surface area contributed by atoms with E-state index in [9.17, 15) is 4.21 Å². The van der Waals surface area contributed by atoms with Gasteiger partial charge in [-0.1, -0.05) is 11.6 Å². The highest BCUT2D eigenvalue weighted by Gasteiger charge is 2.18. The van der Waals surface area contributed by atoms with Gasteiger partial charge in [0.25, 0.3) is 0 Å². The lowest BCUT2D eigenvalue weighted by Gasteiger charge is -2.17. The van der Waals surface area contributed by atoms with E-state index in [0.717, 1.165) is 29.8 Å². The number of hydrogen-bond donors (Lipinski definition) is 2. The second-order valence-electron chi connectivity index (χ2n) is 6.15. The summed E-state index contributed by atoms with van der Waals surface area (Å²) in [5, 5.41) is 7.28. The summed E-state index contributed by atoms with van der Waals surface area (Å²) in [6.45, 7) is 10.2. The standard InChI is InChI=1S/C17H28ClN3OS2.HI/c1-5-19-16(21-11-13-24(22)17(2,3)4)20-10-12-23-15-8-6-14(18)7-9-15;/h6-9H,5,10-13H2,1-4H3,(H2,19,20,21);1H. The van der Waals surface area contributed by atoms with Crippen molar-refractivity contribution in [1.82, 2.24) is 10.6 Å². The molecule has 0 aromatic heterocycles. The van der Waals surface area contributed by atoms with Crippen LogP contribution in [0, 0.1) is 0 Å². The Morgan fingerprint density at radius 1 is 1.24 bits per heavy atom. The summed E-state index contributed by atoms with van der Waals surface area (Å²) in [5.74, 6) is 2.29. The van der Waals surface area contributed by atoms with Crippen molar-refractivity contribution in [2.24, 2.45) is 4.99 Å². The van der Waals surface area contributed by atoms with Crippen LogP contribution in [-0.2, 0) is 10.8 Å². The number of guanidine groups is 1. The molecule has 8 heteroatoms. The van der Waals surface area contributed by atoms with Crippen molar-refractivity contribution >= 4 is 64.1 Å². The van der Waals surface area contributed by atoms with Crippen LogP contribution in [-0.4, -0.2) is 46.1 Å².